The molecule has 1 saturated heterocycles. The molecule has 0 aromatic heterocycles. The molecule has 0 radical (unpaired) electrons. The van der Waals surface area contributed by atoms with Crippen LogP contribution in [-0.2, 0) is 10.3 Å². The second-order valence-corrected chi connectivity index (χ2v) is 5.16. The molecule has 1 aromatic carbocycles. The second-order valence-electron chi connectivity index (χ2n) is 5.16. The van der Waals surface area contributed by atoms with Crippen molar-refractivity contribution >= 4 is 0 Å². The van der Waals surface area contributed by atoms with Gasteiger partial charge < -0.3 is 9.84 Å². The monoisotopic (exact) mass is 252 g/mol. The summed E-state index contributed by atoms with van der Waals surface area (Å²) in [6.45, 7) is 3.49. The fourth-order valence-electron chi connectivity index (χ4n) is 2.67. The Balaban J connectivity index is 2.13. The molecule has 1 N–H and O–H groups in total. The molecule has 100 valence electrons. The Hall–Kier alpha value is -0.930. The van der Waals surface area contributed by atoms with E-state index >= 15 is 0 Å². The molecule has 0 aliphatic carbocycles. The number of rotatable bonds is 4. The van der Waals surface area contributed by atoms with Gasteiger partial charge >= 0.3 is 0 Å². The zero-order chi connectivity index (χ0) is 13.0. The largest absolute Gasteiger partial charge is 0.385 e. The van der Waals surface area contributed by atoms with E-state index in [4.69, 9.17) is 4.74 Å². The highest BCUT2D eigenvalue weighted by Crippen LogP contribution is 2.35. The Morgan fingerprint density at radius 2 is 2.11 bits per heavy atom. The molecule has 0 bridgehead atoms. The molecule has 18 heavy (non-hydrogen) atoms. The Bertz CT molecular complexity index is 388. The summed E-state index contributed by atoms with van der Waals surface area (Å²) in [7, 11) is 0. The predicted octanol–water partition coefficient (Wildman–Crippen LogP) is 3.24. The van der Waals surface area contributed by atoms with E-state index in [0.29, 0.717) is 24.3 Å². The van der Waals surface area contributed by atoms with Crippen molar-refractivity contribution in [3.8, 4) is 0 Å². The van der Waals surface area contributed by atoms with Gasteiger partial charge in [0, 0.05) is 13.2 Å². The molecule has 1 aromatic rings. The lowest BCUT2D eigenvalue weighted by Crippen LogP contribution is -2.30. The third-order valence-electron chi connectivity index (χ3n) is 3.91. The van der Waals surface area contributed by atoms with Crippen LogP contribution < -0.4 is 0 Å². The second kappa shape index (κ2) is 5.81. The highest BCUT2D eigenvalue weighted by atomic mass is 19.1. The molecule has 1 fully saturated rings. The number of hydrogen-bond acceptors (Lipinski definition) is 2. The third-order valence-corrected chi connectivity index (χ3v) is 3.91. The van der Waals surface area contributed by atoms with E-state index in [9.17, 15) is 9.50 Å². The summed E-state index contributed by atoms with van der Waals surface area (Å²) in [5.41, 5.74) is -0.221. The van der Waals surface area contributed by atoms with Gasteiger partial charge in [0.05, 0.1) is 5.60 Å². The lowest BCUT2D eigenvalue weighted by molar-refractivity contribution is -0.0187. The van der Waals surface area contributed by atoms with Crippen LogP contribution in [0.3, 0.4) is 0 Å². The summed E-state index contributed by atoms with van der Waals surface area (Å²) in [6.07, 6.45) is 3.26. The van der Waals surface area contributed by atoms with Crippen molar-refractivity contribution in [2.24, 2.45) is 5.92 Å². The minimum Gasteiger partial charge on any atom is -0.385 e. The molecule has 1 aliphatic rings. The van der Waals surface area contributed by atoms with Gasteiger partial charge in [-0.1, -0.05) is 19.1 Å². The average molecular weight is 252 g/mol. The van der Waals surface area contributed by atoms with Crippen LogP contribution in [0.2, 0.25) is 0 Å². The SMILES string of the molecule is CCC(O)(CC1CCOCC1)c1cccc(F)c1. The Morgan fingerprint density at radius 3 is 2.72 bits per heavy atom. The molecule has 0 amide bonds. The molecule has 2 rings (SSSR count). The van der Waals surface area contributed by atoms with Crippen LogP contribution in [0.15, 0.2) is 24.3 Å². The highest BCUT2D eigenvalue weighted by molar-refractivity contribution is 5.23. The Morgan fingerprint density at radius 1 is 1.39 bits per heavy atom. The van der Waals surface area contributed by atoms with E-state index in [0.717, 1.165) is 26.1 Å². The van der Waals surface area contributed by atoms with Crippen molar-refractivity contribution in [2.75, 3.05) is 13.2 Å². The standard InChI is InChI=1S/C15H21FO2/c1-2-15(17,11-12-6-8-18-9-7-12)13-4-3-5-14(16)10-13/h3-5,10,12,17H,2,6-9,11H2,1H3. The van der Waals surface area contributed by atoms with Gasteiger partial charge in [-0.25, -0.2) is 4.39 Å². The van der Waals surface area contributed by atoms with Crippen LogP contribution in [0.5, 0.6) is 0 Å². The number of aliphatic hydroxyl groups is 1. The maximum absolute atomic E-state index is 13.3. The van der Waals surface area contributed by atoms with Gasteiger partial charge in [-0.05, 0) is 49.3 Å². The van der Waals surface area contributed by atoms with Crippen molar-refractivity contribution in [3.05, 3.63) is 35.6 Å². The maximum atomic E-state index is 13.3. The van der Waals surface area contributed by atoms with Gasteiger partial charge in [0.15, 0.2) is 0 Å². The first kappa shape index (κ1) is 13.5. The molecule has 0 saturated carbocycles. The lowest BCUT2D eigenvalue weighted by Gasteiger charge is -2.33. The Labute approximate surface area is 108 Å². The van der Waals surface area contributed by atoms with Gasteiger partial charge in [-0.15, -0.1) is 0 Å². The van der Waals surface area contributed by atoms with E-state index in [-0.39, 0.29) is 5.82 Å². The van der Waals surface area contributed by atoms with Gasteiger partial charge in [-0.2, -0.15) is 0 Å². The van der Waals surface area contributed by atoms with Crippen LogP contribution in [0.4, 0.5) is 4.39 Å². The number of hydrogen-bond donors (Lipinski definition) is 1. The third kappa shape index (κ3) is 3.09. The molecular weight excluding hydrogens is 231 g/mol. The molecule has 3 heteroatoms. The van der Waals surface area contributed by atoms with E-state index < -0.39 is 5.60 Å². The van der Waals surface area contributed by atoms with Crippen LogP contribution in [-0.4, -0.2) is 18.3 Å². The predicted molar refractivity (Wildman–Crippen MR) is 68.7 cm³/mol. The zero-order valence-electron chi connectivity index (χ0n) is 10.9. The van der Waals surface area contributed by atoms with Crippen LogP contribution >= 0.6 is 0 Å². The van der Waals surface area contributed by atoms with Crippen molar-refractivity contribution < 1.29 is 14.2 Å². The van der Waals surface area contributed by atoms with Crippen molar-refractivity contribution in [2.45, 2.75) is 38.2 Å². The summed E-state index contributed by atoms with van der Waals surface area (Å²) in [4.78, 5) is 0. The fraction of sp³-hybridized carbons (Fsp3) is 0.600. The average Bonchev–Trinajstić information content (AvgIpc) is 2.40. The lowest BCUT2D eigenvalue weighted by atomic mass is 9.80. The van der Waals surface area contributed by atoms with Gasteiger partial charge in [0.1, 0.15) is 5.82 Å². The summed E-state index contributed by atoms with van der Waals surface area (Å²) < 4.78 is 18.6. The summed E-state index contributed by atoms with van der Waals surface area (Å²) >= 11 is 0. The highest BCUT2D eigenvalue weighted by Gasteiger charge is 2.31. The maximum Gasteiger partial charge on any atom is 0.123 e. The topological polar surface area (TPSA) is 29.5 Å². The molecule has 1 unspecified atom stereocenters. The zero-order valence-corrected chi connectivity index (χ0v) is 10.9. The first-order chi connectivity index (χ1) is 8.64. The van der Waals surface area contributed by atoms with E-state index in [2.05, 4.69) is 0 Å². The Kier molecular flexibility index (Phi) is 4.36. The van der Waals surface area contributed by atoms with Gasteiger partial charge in [0.2, 0.25) is 0 Å². The van der Waals surface area contributed by atoms with E-state index in [1.807, 2.05) is 13.0 Å². The molecular formula is C15H21FO2. The number of ether oxygens (including phenoxy) is 1. The smallest absolute Gasteiger partial charge is 0.123 e. The fourth-order valence-corrected chi connectivity index (χ4v) is 2.67. The van der Waals surface area contributed by atoms with Crippen LogP contribution in [0.25, 0.3) is 0 Å². The normalized spacial score (nSPS) is 20.6. The number of halogens is 1. The van der Waals surface area contributed by atoms with Crippen LogP contribution in [0.1, 0.15) is 38.2 Å². The first-order valence-electron chi connectivity index (χ1n) is 6.70. The minimum atomic E-state index is -0.913. The quantitative estimate of drug-likeness (QED) is 0.891. The van der Waals surface area contributed by atoms with Gasteiger partial charge in [0.25, 0.3) is 0 Å². The van der Waals surface area contributed by atoms with Crippen molar-refractivity contribution in [3.63, 3.8) is 0 Å². The molecule has 1 aliphatic heterocycles. The first-order valence-corrected chi connectivity index (χ1v) is 6.70. The molecule has 0 spiro atoms. The molecule has 1 atom stereocenters. The number of benzene rings is 1. The molecule has 1 heterocycles. The van der Waals surface area contributed by atoms with E-state index in [1.54, 1.807) is 6.07 Å². The summed E-state index contributed by atoms with van der Waals surface area (Å²) in [5.74, 6) is 0.179. The summed E-state index contributed by atoms with van der Waals surface area (Å²) in [5, 5.41) is 10.8. The minimum absolute atomic E-state index is 0.286. The van der Waals surface area contributed by atoms with E-state index in [1.165, 1.54) is 12.1 Å². The van der Waals surface area contributed by atoms with Gasteiger partial charge in [-0.3, -0.25) is 0 Å². The summed E-state index contributed by atoms with van der Waals surface area (Å²) in [6, 6.07) is 6.33. The van der Waals surface area contributed by atoms with Crippen LogP contribution in [0, 0.1) is 11.7 Å². The molecule has 2 nitrogen and oxygen atoms in total. The van der Waals surface area contributed by atoms with Crippen molar-refractivity contribution in [1.29, 1.82) is 0 Å². The van der Waals surface area contributed by atoms with Crippen molar-refractivity contribution in [1.82, 2.24) is 0 Å².